The predicted octanol–water partition coefficient (Wildman–Crippen LogP) is 3.64. The van der Waals surface area contributed by atoms with E-state index in [0.717, 1.165) is 23.6 Å². The van der Waals surface area contributed by atoms with Gasteiger partial charge >= 0.3 is 0 Å². The van der Waals surface area contributed by atoms with E-state index >= 15 is 0 Å². The molecule has 1 saturated heterocycles. The first-order valence-corrected chi connectivity index (χ1v) is 7.81. The van der Waals surface area contributed by atoms with Crippen LogP contribution in [0.3, 0.4) is 0 Å². The minimum Gasteiger partial charge on any atom is -0.392 e. The Balaban J connectivity index is 2.39. The Hall–Kier alpha value is -1.09. The zero-order valence-electron chi connectivity index (χ0n) is 13.3. The molecule has 2 heterocycles. The van der Waals surface area contributed by atoms with Crippen LogP contribution in [-0.4, -0.2) is 22.7 Å². The summed E-state index contributed by atoms with van der Waals surface area (Å²) in [6.07, 6.45) is 5.09. The first kappa shape index (κ1) is 15.3. The molecule has 112 valence electrons. The van der Waals surface area contributed by atoms with Crippen molar-refractivity contribution in [2.24, 2.45) is 0 Å². The van der Waals surface area contributed by atoms with Gasteiger partial charge in [-0.2, -0.15) is 0 Å². The number of hydrogen-bond donors (Lipinski definition) is 1. The lowest BCUT2D eigenvalue weighted by atomic mass is 9.90. The van der Waals surface area contributed by atoms with Gasteiger partial charge in [-0.25, -0.2) is 4.98 Å². The van der Waals surface area contributed by atoms with Crippen molar-refractivity contribution in [1.82, 2.24) is 4.98 Å². The molecular formula is C17H28N2O. The first-order chi connectivity index (χ1) is 9.41. The maximum absolute atomic E-state index is 9.53. The summed E-state index contributed by atoms with van der Waals surface area (Å²) in [5, 5.41) is 9.53. The van der Waals surface area contributed by atoms with Crippen molar-refractivity contribution in [2.45, 2.75) is 71.4 Å². The maximum Gasteiger partial charge on any atom is 0.129 e. The molecule has 2 rings (SSSR count). The molecule has 1 aromatic rings. The van der Waals surface area contributed by atoms with Crippen LogP contribution >= 0.6 is 0 Å². The summed E-state index contributed by atoms with van der Waals surface area (Å²) in [7, 11) is 0. The highest BCUT2D eigenvalue weighted by atomic mass is 16.3. The van der Waals surface area contributed by atoms with Gasteiger partial charge in [-0.3, -0.25) is 0 Å². The quantitative estimate of drug-likeness (QED) is 0.896. The zero-order valence-corrected chi connectivity index (χ0v) is 13.3. The highest BCUT2D eigenvalue weighted by Gasteiger charge is 2.22. The molecule has 0 amide bonds. The summed E-state index contributed by atoms with van der Waals surface area (Å²) in [4.78, 5) is 7.30. The topological polar surface area (TPSA) is 36.4 Å². The first-order valence-electron chi connectivity index (χ1n) is 7.81. The van der Waals surface area contributed by atoms with E-state index in [1.54, 1.807) is 0 Å². The van der Waals surface area contributed by atoms with Crippen molar-refractivity contribution in [3.05, 3.63) is 23.4 Å². The van der Waals surface area contributed by atoms with Crippen molar-refractivity contribution in [1.29, 1.82) is 0 Å². The Kier molecular flexibility index (Phi) is 4.69. The van der Waals surface area contributed by atoms with Crippen molar-refractivity contribution in [3.8, 4) is 0 Å². The van der Waals surface area contributed by atoms with E-state index in [9.17, 15) is 5.11 Å². The van der Waals surface area contributed by atoms with Crippen LogP contribution in [0.25, 0.3) is 0 Å². The summed E-state index contributed by atoms with van der Waals surface area (Å²) in [5.74, 6) is 1.04. The SMILES string of the molecule is CC1CCCCCN1c1cc(CO)cc(C(C)(C)C)n1. The van der Waals surface area contributed by atoms with Crippen molar-refractivity contribution in [3.63, 3.8) is 0 Å². The molecular weight excluding hydrogens is 248 g/mol. The lowest BCUT2D eigenvalue weighted by Crippen LogP contribution is -2.34. The van der Waals surface area contributed by atoms with E-state index in [1.165, 1.54) is 25.7 Å². The molecule has 0 spiro atoms. The van der Waals surface area contributed by atoms with Gasteiger partial charge in [0.2, 0.25) is 0 Å². The lowest BCUT2D eigenvalue weighted by Gasteiger charge is -2.30. The number of pyridine rings is 1. The molecule has 1 fully saturated rings. The molecule has 1 aliphatic rings. The number of aliphatic hydroxyl groups is 1. The summed E-state index contributed by atoms with van der Waals surface area (Å²) >= 11 is 0. The molecule has 0 bridgehead atoms. The van der Waals surface area contributed by atoms with Crippen molar-refractivity contribution >= 4 is 5.82 Å². The van der Waals surface area contributed by atoms with Crippen molar-refractivity contribution < 1.29 is 5.11 Å². The Morgan fingerprint density at radius 2 is 2.00 bits per heavy atom. The van der Waals surface area contributed by atoms with Crippen LogP contribution in [0.15, 0.2) is 12.1 Å². The normalized spacial score (nSPS) is 20.9. The molecule has 1 unspecified atom stereocenters. The van der Waals surface area contributed by atoms with Gasteiger partial charge in [-0.05, 0) is 37.5 Å². The Morgan fingerprint density at radius 1 is 1.25 bits per heavy atom. The Morgan fingerprint density at radius 3 is 2.65 bits per heavy atom. The molecule has 1 aromatic heterocycles. The summed E-state index contributed by atoms with van der Waals surface area (Å²) in [6, 6.07) is 4.62. The fraction of sp³-hybridized carbons (Fsp3) is 0.706. The second-order valence-electron chi connectivity index (χ2n) is 7.02. The molecule has 0 aromatic carbocycles. The second-order valence-corrected chi connectivity index (χ2v) is 7.02. The van der Waals surface area contributed by atoms with Gasteiger partial charge in [0.1, 0.15) is 5.82 Å². The Bertz CT molecular complexity index is 451. The van der Waals surface area contributed by atoms with Crippen LogP contribution in [0.5, 0.6) is 0 Å². The highest BCUT2D eigenvalue weighted by Crippen LogP contribution is 2.28. The number of anilines is 1. The largest absolute Gasteiger partial charge is 0.392 e. The van der Waals surface area contributed by atoms with Crippen molar-refractivity contribution in [2.75, 3.05) is 11.4 Å². The van der Waals surface area contributed by atoms with Gasteiger partial charge in [0.15, 0.2) is 0 Å². The van der Waals surface area contributed by atoms with E-state index < -0.39 is 0 Å². The van der Waals surface area contributed by atoms with Crippen LogP contribution in [0, 0.1) is 0 Å². The monoisotopic (exact) mass is 276 g/mol. The zero-order chi connectivity index (χ0) is 14.8. The number of hydrogen-bond acceptors (Lipinski definition) is 3. The molecule has 1 atom stereocenters. The fourth-order valence-electron chi connectivity index (χ4n) is 2.81. The Labute approximate surface area is 123 Å². The van der Waals surface area contributed by atoms with Crippen LogP contribution < -0.4 is 4.90 Å². The van der Waals surface area contributed by atoms with Crippen LogP contribution in [-0.2, 0) is 12.0 Å². The molecule has 20 heavy (non-hydrogen) atoms. The highest BCUT2D eigenvalue weighted by molar-refractivity contribution is 5.45. The van der Waals surface area contributed by atoms with E-state index in [4.69, 9.17) is 4.98 Å². The van der Waals surface area contributed by atoms with E-state index in [1.807, 2.05) is 6.07 Å². The molecule has 3 nitrogen and oxygen atoms in total. The third kappa shape index (κ3) is 3.51. The summed E-state index contributed by atoms with van der Waals surface area (Å²) in [5.41, 5.74) is 2.04. The van der Waals surface area contributed by atoms with Gasteiger partial charge in [0, 0.05) is 23.7 Å². The van der Waals surface area contributed by atoms with Gasteiger partial charge in [0.05, 0.1) is 6.61 Å². The minimum atomic E-state index is 0.00895. The van der Waals surface area contributed by atoms with Gasteiger partial charge < -0.3 is 10.0 Å². The van der Waals surface area contributed by atoms with Gasteiger partial charge in [-0.1, -0.05) is 33.6 Å². The summed E-state index contributed by atoms with van der Waals surface area (Å²) < 4.78 is 0. The molecule has 0 saturated carbocycles. The molecule has 1 N–H and O–H groups in total. The molecule has 0 aliphatic carbocycles. The van der Waals surface area contributed by atoms with Gasteiger partial charge in [0.25, 0.3) is 0 Å². The smallest absolute Gasteiger partial charge is 0.129 e. The van der Waals surface area contributed by atoms with Crippen LogP contribution in [0.4, 0.5) is 5.82 Å². The van der Waals surface area contributed by atoms with E-state index in [0.29, 0.717) is 6.04 Å². The number of nitrogens with zero attached hydrogens (tertiary/aromatic N) is 2. The number of aliphatic hydroxyl groups excluding tert-OH is 1. The number of aromatic nitrogens is 1. The second kappa shape index (κ2) is 6.13. The third-order valence-corrected chi connectivity index (χ3v) is 4.17. The minimum absolute atomic E-state index is 0.00895. The van der Waals surface area contributed by atoms with Crippen LogP contribution in [0.2, 0.25) is 0 Å². The summed E-state index contributed by atoms with van der Waals surface area (Å²) in [6.45, 7) is 9.97. The van der Waals surface area contributed by atoms with Gasteiger partial charge in [-0.15, -0.1) is 0 Å². The molecule has 0 radical (unpaired) electrons. The number of rotatable bonds is 2. The van der Waals surface area contributed by atoms with E-state index in [2.05, 4.69) is 38.7 Å². The van der Waals surface area contributed by atoms with E-state index in [-0.39, 0.29) is 12.0 Å². The predicted molar refractivity (Wildman–Crippen MR) is 84.1 cm³/mol. The average molecular weight is 276 g/mol. The lowest BCUT2D eigenvalue weighted by molar-refractivity contribution is 0.281. The standard InChI is InChI=1S/C17H28N2O/c1-13-8-6-5-7-9-19(13)16-11-14(12-20)10-15(18-16)17(2,3)4/h10-11,13,20H,5-9,12H2,1-4H3. The molecule has 1 aliphatic heterocycles. The fourth-order valence-corrected chi connectivity index (χ4v) is 2.81. The van der Waals surface area contributed by atoms with Crippen LogP contribution in [0.1, 0.15) is 64.6 Å². The molecule has 3 heteroatoms. The average Bonchev–Trinajstić information content (AvgIpc) is 2.62. The third-order valence-electron chi connectivity index (χ3n) is 4.17. The maximum atomic E-state index is 9.53.